The number of nitrogens with zero attached hydrogens (tertiary/aromatic N) is 6. The molecule has 0 saturated carbocycles. The molecule has 10 nitrogen and oxygen atoms in total. The van der Waals surface area contributed by atoms with Crippen LogP contribution in [0.4, 0.5) is 23.2 Å². The van der Waals surface area contributed by atoms with Gasteiger partial charge in [-0.25, -0.2) is 4.39 Å². The number of carbonyl (C=O) groups excluding carboxylic acids is 2. The van der Waals surface area contributed by atoms with Gasteiger partial charge >= 0.3 is 6.18 Å². The normalized spacial score (nSPS) is 17.7. The fourth-order valence-electron chi connectivity index (χ4n) is 5.38. The Kier molecular flexibility index (Phi) is 10.2. The molecule has 0 aliphatic carbocycles. The quantitative estimate of drug-likeness (QED) is 0.189. The van der Waals surface area contributed by atoms with E-state index < -0.39 is 23.5 Å². The first kappa shape index (κ1) is 34.9. The van der Waals surface area contributed by atoms with Crippen LogP contribution in [0, 0.1) is 24.6 Å². The molecular weight excluding hydrogens is 640 g/mol. The van der Waals surface area contributed by atoms with Crippen molar-refractivity contribution in [2.24, 2.45) is 10.1 Å². The number of carbonyl (C=O) groups is 2. The molecule has 3 aliphatic heterocycles. The number of hydrazone groups is 1. The molecule has 1 unspecified atom stereocenters. The minimum Gasteiger partial charge on any atom is -0.352 e. The molecule has 1 atom stereocenters. The number of benzene rings is 2. The van der Waals surface area contributed by atoms with E-state index in [1.165, 1.54) is 29.2 Å². The van der Waals surface area contributed by atoms with E-state index in [9.17, 15) is 22.8 Å². The van der Waals surface area contributed by atoms with Crippen LogP contribution >= 0.6 is 0 Å². The average molecular weight is 677 g/mol. The van der Waals surface area contributed by atoms with Crippen LogP contribution < -0.4 is 10.6 Å². The van der Waals surface area contributed by atoms with Crippen LogP contribution in [0.1, 0.15) is 32.6 Å². The Hall–Kier alpha value is -5.42. The molecule has 0 spiro atoms. The molecule has 0 aromatic heterocycles. The van der Waals surface area contributed by atoms with Crippen molar-refractivity contribution in [2.75, 3.05) is 52.6 Å². The van der Waals surface area contributed by atoms with E-state index in [0.29, 0.717) is 42.3 Å². The van der Waals surface area contributed by atoms with Gasteiger partial charge in [-0.05, 0) is 54.5 Å². The maximum absolute atomic E-state index is 15.1. The molecule has 2 aromatic rings. The SMILES string of the molecule is C=C(/C=N\N(C)C)NC1=CC=CN2C1=NCC2C#Cc1cc(C(=O)Nc2ccc(CN3CCN(C)C(=O)C3)c(C(F)(F)F)c2)c(F)cc1C. The Labute approximate surface area is 282 Å². The highest BCUT2D eigenvalue weighted by Gasteiger charge is 2.35. The van der Waals surface area contributed by atoms with Crippen LogP contribution in [-0.2, 0) is 17.5 Å². The van der Waals surface area contributed by atoms with Crippen molar-refractivity contribution < 1.29 is 27.2 Å². The summed E-state index contributed by atoms with van der Waals surface area (Å²) in [6.07, 6.45) is 2.40. The third kappa shape index (κ3) is 8.36. The summed E-state index contributed by atoms with van der Waals surface area (Å²) in [7, 11) is 5.24. The van der Waals surface area contributed by atoms with Gasteiger partial charge in [-0.3, -0.25) is 19.5 Å². The van der Waals surface area contributed by atoms with Crippen molar-refractivity contribution in [3.05, 3.63) is 100 Å². The molecule has 0 radical (unpaired) electrons. The number of hydrogen-bond acceptors (Lipinski definition) is 8. The fraction of sp³-hybridized carbons (Fsp3) is 0.314. The molecule has 1 fully saturated rings. The average Bonchev–Trinajstić information content (AvgIpc) is 3.45. The Bertz CT molecular complexity index is 1850. The van der Waals surface area contributed by atoms with Gasteiger partial charge < -0.3 is 25.4 Å². The number of piperazine rings is 1. The number of halogens is 4. The number of aliphatic imine (C=N–C) groups is 1. The van der Waals surface area contributed by atoms with Gasteiger partial charge in [0.15, 0.2) is 5.84 Å². The summed E-state index contributed by atoms with van der Waals surface area (Å²) in [6.45, 7) is 6.73. The van der Waals surface area contributed by atoms with E-state index in [1.54, 1.807) is 44.2 Å². The first-order chi connectivity index (χ1) is 23.2. The third-order valence-electron chi connectivity index (χ3n) is 8.02. The smallest absolute Gasteiger partial charge is 0.352 e. The van der Waals surface area contributed by atoms with Crippen LogP contribution in [0.25, 0.3) is 0 Å². The largest absolute Gasteiger partial charge is 0.416 e. The molecule has 1 saturated heterocycles. The predicted octanol–water partition coefficient (Wildman–Crippen LogP) is 4.18. The Morgan fingerprint density at radius 1 is 1.20 bits per heavy atom. The van der Waals surface area contributed by atoms with Crippen molar-refractivity contribution in [1.29, 1.82) is 0 Å². The number of allylic oxidation sites excluding steroid dienone is 3. The second-order valence-corrected chi connectivity index (χ2v) is 12.0. The van der Waals surface area contributed by atoms with Gasteiger partial charge in [0, 0.05) is 58.2 Å². The van der Waals surface area contributed by atoms with Gasteiger partial charge in [0.2, 0.25) is 5.91 Å². The van der Waals surface area contributed by atoms with Crippen molar-refractivity contribution in [1.82, 2.24) is 25.0 Å². The number of nitrogens with one attached hydrogen (secondary N) is 2. The van der Waals surface area contributed by atoms with E-state index >= 15 is 4.39 Å². The lowest BCUT2D eigenvalue weighted by molar-refractivity contribution is -0.138. The minimum absolute atomic E-state index is 0.00630. The fourth-order valence-corrected chi connectivity index (χ4v) is 5.38. The van der Waals surface area contributed by atoms with E-state index in [4.69, 9.17) is 0 Å². The molecule has 5 rings (SSSR count). The molecule has 2 aromatic carbocycles. The van der Waals surface area contributed by atoms with Crippen LogP contribution in [0.5, 0.6) is 0 Å². The van der Waals surface area contributed by atoms with E-state index in [0.717, 1.165) is 11.8 Å². The molecule has 2 amide bonds. The molecule has 2 N–H and O–H groups in total. The third-order valence-corrected chi connectivity index (χ3v) is 8.02. The standard InChI is InChI=1S/C35H36F4N8O2/c1-22-15-30(36)28(16-24(22)9-11-27-19-40-33-31(7-6-12-47(27)33)42-23(2)18-41-44(3)4)34(49)43-26-10-8-25(29(17-26)35(37,38)39)20-46-14-13-45(5)32(48)21-46/h6-8,10,12,15-18,27,42H,2,13-14,19-21H2,1,3-5H3,(H,43,49)/b41-18-. The van der Waals surface area contributed by atoms with Crippen molar-refractivity contribution in [3.8, 4) is 11.8 Å². The number of anilines is 1. The van der Waals surface area contributed by atoms with Gasteiger partial charge in [-0.1, -0.05) is 24.5 Å². The van der Waals surface area contributed by atoms with Gasteiger partial charge in [0.05, 0.1) is 41.8 Å². The zero-order valence-corrected chi connectivity index (χ0v) is 27.5. The molecule has 3 heterocycles. The molecular formula is C35H36F4N8O2. The second kappa shape index (κ2) is 14.4. The lowest BCUT2D eigenvalue weighted by atomic mass is 10.0. The number of alkyl halides is 3. The maximum atomic E-state index is 15.1. The van der Waals surface area contributed by atoms with Crippen molar-refractivity contribution >= 4 is 29.6 Å². The van der Waals surface area contributed by atoms with E-state index in [-0.39, 0.29) is 41.9 Å². The molecule has 0 bridgehead atoms. The summed E-state index contributed by atoms with van der Waals surface area (Å²) in [5.41, 5.74) is 0.656. The van der Waals surface area contributed by atoms with E-state index in [2.05, 4.69) is 39.1 Å². The molecule has 14 heteroatoms. The van der Waals surface area contributed by atoms with Crippen molar-refractivity contribution in [3.63, 3.8) is 0 Å². The van der Waals surface area contributed by atoms with Gasteiger partial charge in [-0.2, -0.15) is 18.3 Å². The number of rotatable bonds is 8. The summed E-state index contributed by atoms with van der Waals surface area (Å²) < 4.78 is 57.3. The highest BCUT2D eigenvalue weighted by Crippen LogP contribution is 2.35. The van der Waals surface area contributed by atoms with Gasteiger partial charge in [-0.15, -0.1) is 0 Å². The monoisotopic (exact) mass is 676 g/mol. The number of aryl methyl sites for hydroxylation is 1. The molecule has 49 heavy (non-hydrogen) atoms. The Morgan fingerprint density at radius 3 is 2.69 bits per heavy atom. The Morgan fingerprint density at radius 2 is 1.98 bits per heavy atom. The van der Waals surface area contributed by atoms with Crippen LogP contribution in [0.2, 0.25) is 0 Å². The zero-order valence-electron chi connectivity index (χ0n) is 27.5. The highest BCUT2D eigenvalue weighted by molar-refractivity contribution is 6.05. The lowest BCUT2D eigenvalue weighted by Crippen LogP contribution is -2.48. The maximum Gasteiger partial charge on any atom is 0.416 e. The summed E-state index contributed by atoms with van der Waals surface area (Å²) in [6, 6.07) is 5.54. The van der Waals surface area contributed by atoms with Crippen LogP contribution in [0.3, 0.4) is 0 Å². The summed E-state index contributed by atoms with van der Waals surface area (Å²) in [4.78, 5) is 34.9. The van der Waals surface area contributed by atoms with E-state index in [1.807, 2.05) is 23.3 Å². The van der Waals surface area contributed by atoms with Gasteiger partial charge in [0.1, 0.15) is 11.9 Å². The number of fused-ring (bicyclic) bond motifs is 1. The number of hydrogen-bond donors (Lipinski definition) is 2. The van der Waals surface area contributed by atoms with Crippen LogP contribution in [0.15, 0.2) is 76.8 Å². The minimum atomic E-state index is -4.72. The van der Waals surface area contributed by atoms with Crippen LogP contribution in [-0.4, -0.2) is 96.9 Å². The lowest BCUT2D eigenvalue weighted by Gasteiger charge is -2.32. The van der Waals surface area contributed by atoms with Crippen molar-refractivity contribution in [2.45, 2.75) is 25.7 Å². The molecule has 3 aliphatic rings. The summed E-state index contributed by atoms with van der Waals surface area (Å²) >= 11 is 0. The number of amidine groups is 1. The number of likely N-dealkylation sites (N-methyl/N-ethyl adjacent to an activating group) is 1. The summed E-state index contributed by atoms with van der Waals surface area (Å²) in [5.74, 6) is 4.92. The number of amides is 2. The zero-order chi connectivity index (χ0) is 35.5. The van der Waals surface area contributed by atoms with Gasteiger partial charge in [0.25, 0.3) is 5.91 Å². The first-order valence-electron chi connectivity index (χ1n) is 15.4. The summed E-state index contributed by atoms with van der Waals surface area (Å²) in [5, 5.41) is 11.4. The highest BCUT2D eigenvalue weighted by atomic mass is 19.4. The topological polar surface area (TPSA) is 95.9 Å². The Balaban J connectivity index is 1.30. The second-order valence-electron chi connectivity index (χ2n) is 12.0. The predicted molar refractivity (Wildman–Crippen MR) is 180 cm³/mol. The molecule has 256 valence electrons. The first-order valence-corrected chi connectivity index (χ1v) is 15.4.